The van der Waals surface area contributed by atoms with Crippen LogP contribution in [0.4, 0.5) is 0 Å². The maximum atomic E-state index is 13.4. The lowest BCUT2D eigenvalue weighted by atomic mass is 9.93. The SMILES string of the molecule is COC[C@@H]1C[C@@H](OC2CCCCC2)CN1Cc1ccc(C(=O)N[C@@H](CCS(C)(=O)=O)C(=O)O)c(-c2ccccc2C)c1. The Hall–Kier alpha value is -2.79. The number of carbonyl (C=O) groups is 2. The molecule has 4 rings (SSSR count). The molecule has 1 heterocycles. The Labute approximate surface area is 249 Å². The summed E-state index contributed by atoms with van der Waals surface area (Å²) >= 11 is 0. The molecule has 9 nitrogen and oxygen atoms in total. The van der Waals surface area contributed by atoms with Crippen molar-refractivity contribution in [2.45, 2.75) is 82.7 Å². The van der Waals surface area contributed by atoms with Gasteiger partial charge in [-0.1, -0.05) is 49.6 Å². The first-order valence-electron chi connectivity index (χ1n) is 14.8. The van der Waals surface area contributed by atoms with Gasteiger partial charge in [-0.15, -0.1) is 0 Å². The van der Waals surface area contributed by atoms with Gasteiger partial charge in [-0.05, 0) is 67.0 Å². The maximum absolute atomic E-state index is 13.4. The first-order valence-corrected chi connectivity index (χ1v) is 16.9. The smallest absolute Gasteiger partial charge is 0.326 e. The van der Waals surface area contributed by atoms with Crippen molar-refractivity contribution in [3.05, 3.63) is 59.2 Å². The number of amides is 1. The van der Waals surface area contributed by atoms with E-state index in [-0.39, 0.29) is 24.3 Å². The predicted octanol–water partition coefficient (Wildman–Crippen LogP) is 4.22. The fourth-order valence-corrected chi connectivity index (χ4v) is 6.78. The van der Waals surface area contributed by atoms with Crippen LogP contribution in [0.2, 0.25) is 0 Å². The summed E-state index contributed by atoms with van der Waals surface area (Å²) in [6.45, 7) is 4.05. The summed E-state index contributed by atoms with van der Waals surface area (Å²) in [7, 11) is -1.67. The molecule has 1 aliphatic carbocycles. The molecule has 0 radical (unpaired) electrons. The molecule has 3 atom stereocenters. The van der Waals surface area contributed by atoms with Crippen LogP contribution in [0.25, 0.3) is 11.1 Å². The number of aliphatic carboxylic acids is 1. The van der Waals surface area contributed by atoms with E-state index >= 15 is 0 Å². The molecule has 2 N–H and O–H groups in total. The van der Waals surface area contributed by atoms with E-state index in [0.29, 0.717) is 30.4 Å². The van der Waals surface area contributed by atoms with Crippen molar-refractivity contribution in [1.82, 2.24) is 10.2 Å². The monoisotopic (exact) mass is 600 g/mol. The maximum Gasteiger partial charge on any atom is 0.326 e. The molecule has 10 heteroatoms. The number of methoxy groups -OCH3 is 1. The number of nitrogens with zero attached hydrogens (tertiary/aromatic N) is 1. The van der Waals surface area contributed by atoms with Gasteiger partial charge in [0.05, 0.1) is 24.6 Å². The molecule has 0 spiro atoms. The molecule has 0 aromatic heterocycles. The van der Waals surface area contributed by atoms with Gasteiger partial charge >= 0.3 is 5.97 Å². The van der Waals surface area contributed by atoms with E-state index in [9.17, 15) is 23.1 Å². The largest absolute Gasteiger partial charge is 0.480 e. The average molecular weight is 601 g/mol. The van der Waals surface area contributed by atoms with Crippen LogP contribution in [0.5, 0.6) is 0 Å². The summed E-state index contributed by atoms with van der Waals surface area (Å²) in [6.07, 6.45) is 8.26. The Kier molecular flexibility index (Phi) is 11.2. The molecule has 230 valence electrons. The van der Waals surface area contributed by atoms with Crippen LogP contribution in [0.3, 0.4) is 0 Å². The van der Waals surface area contributed by atoms with Crippen molar-refractivity contribution in [3.8, 4) is 11.1 Å². The van der Waals surface area contributed by atoms with Gasteiger partial charge in [0.15, 0.2) is 0 Å². The second kappa shape index (κ2) is 14.6. The van der Waals surface area contributed by atoms with Crippen LogP contribution >= 0.6 is 0 Å². The van der Waals surface area contributed by atoms with Crippen LogP contribution in [-0.2, 0) is 30.7 Å². The summed E-state index contributed by atoms with van der Waals surface area (Å²) in [5.74, 6) is -2.16. The molecule has 0 unspecified atom stereocenters. The third kappa shape index (κ3) is 8.86. The van der Waals surface area contributed by atoms with Crippen molar-refractivity contribution in [2.24, 2.45) is 0 Å². The second-order valence-electron chi connectivity index (χ2n) is 11.8. The Morgan fingerprint density at radius 2 is 1.81 bits per heavy atom. The lowest BCUT2D eigenvalue weighted by Gasteiger charge is -2.26. The van der Waals surface area contributed by atoms with Gasteiger partial charge in [-0.3, -0.25) is 9.69 Å². The van der Waals surface area contributed by atoms with Crippen molar-refractivity contribution in [2.75, 3.05) is 32.3 Å². The molecular formula is C32H44N2O7S. The fourth-order valence-electron chi connectivity index (χ4n) is 6.11. The van der Waals surface area contributed by atoms with Gasteiger partial charge in [0.2, 0.25) is 0 Å². The molecule has 2 aromatic carbocycles. The zero-order valence-corrected chi connectivity index (χ0v) is 25.7. The van der Waals surface area contributed by atoms with Gasteiger partial charge in [0.25, 0.3) is 5.91 Å². The van der Waals surface area contributed by atoms with Crippen molar-refractivity contribution in [3.63, 3.8) is 0 Å². The number of ether oxygens (including phenoxy) is 2. The van der Waals surface area contributed by atoms with E-state index in [1.54, 1.807) is 13.2 Å². The number of benzene rings is 2. The van der Waals surface area contributed by atoms with Crippen molar-refractivity contribution >= 4 is 21.7 Å². The Bertz CT molecular complexity index is 1340. The first kappa shape index (κ1) is 32.1. The Morgan fingerprint density at radius 3 is 2.48 bits per heavy atom. The third-order valence-electron chi connectivity index (χ3n) is 8.32. The normalized spacial score (nSPS) is 20.8. The lowest BCUT2D eigenvalue weighted by molar-refractivity contribution is -0.139. The number of carboxylic acid groups (broad SMARTS) is 1. The molecule has 1 saturated carbocycles. The van der Waals surface area contributed by atoms with Crippen LogP contribution in [-0.4, -0.2) is 86.9 Å². The predicted molar refractivity (Wildman–Crippen MR) is 162 cm³/mol. The highest BCUT2D eigenvalue weighted by Gasteiger charge is 2.34. The van der Waals surface area contributed by atoms with Crippen LogP contribution < -0.4 is 5.32 Å². The molecule has 1 amide bonds. The summed E-state index contributed by atoms with van der Waals surface area (Å²) < 4.78 is 35.3. The van der Waals surface area contributed by atoms with Crippen LogP contribution in [0.15, 0.2) is 42.5 Å². The number of likely N-dealkylation sites (tertiary alicyclic amines) is 1. The molecular weight excluding hydrogens is 556 g/mol. The van der Waals surface area contributed by atoms with Gasteiger partial charge < -0.3 is 19.9 Å². The molecule has 1 saturated heterocycles. The zero-order chi connectivity index (χ0) is 30.3. The van der Waals surface area contributed by atoms with Crippen molar-refractivity contribution < 1.29 is 32.6 Å². The average Bonchev–Trinajstić information content (AvgIpc) is 3.31. The van der Waals surface area contributed by atoms with E-state index in [4.69, 9.17) is 9.47 Å². The van der Waals surface area contributed by atoms with Crippen LogP contribution in [0.1, 0.15) is 66.4 Å². The standard InChI is InChI=1S/C32H44N2O7S/c1-22-9-7-8-12-27(22)29-17-23(13-14-28(29)31(35)33-30(32(36)37)15-16-42(3,38)39)19-34-20-26(18-24(34)21-40-2)41-25-10-5-4-6-11-25/h7-9,12-14,17,24-26,30H,4-6,10-11,15-16,18-21H2,1-3H3,(H,33,35)(H,36,37)/t24-,26+,30-/m0/s1. The van der Waals surface area contributed by atoms with E-state index < -0.39 is 27.8 Å². The highest BCUT2D eigenvalue weighted by Crippen LogP contribution is 2.31. The summed E-state index contributed by atoms with van der Waals surface area (Å²) in [5.41, 5.74) is 3.92. The molecule has 2 aromatic rings. The molecule has 0 bridgehead atoms. The summed E-state index contributed by atoms with van der Waals surface area (Å²) in [4.78, 5) is 27.7. The summed E-state index contributed by atoms with van der Waals surface area (Å²) in [5, 5.41) is 12.2. The summed E-state index contributed by atoms with van der Waals surface area (Å²) in [6, 6.07) is 12.3. The highest BCUT2D eigenvalue weighted by molar-refractivity contribution is 7.90. The topological polar surface area (TPSA) is 122 Å². The number of carbonyl (C=O) groups excluding carboxylic acids is 1. The minimum Gasteiger partial charge on any atom is -0.480 e. The minimum atomic E-state index is -3.39. The highest BCUT2D eigenvalue weighted by atomic mass is 32.2. The minimum absolute atomic E-state index is 0.161. The van der Waals surface area contributed by atoms with Gasteiger partial charge in [-0.25, -0.2) is 13.2 Å². The van der Waals surface area contributed by atoms with Crippen LogP contribution in [0, 0.1) is 6.92 Å². The van der Waals surface area contributed by atoms with Gasteiger partial charge in [0, 0.05) is 38.1 Å². The number of hydrogen-bond donors (Lipinski definition) is 2. The molecule has 42 heavy (non-hydrogen) atoms. The van der Waals surface area contributed by atoms with E-state index in [1.165, 1.54) is 19.3 Å². The number of carboxylic acids is 1. The lowest BCUT2D eigenvalue weighted by Crippen LogP contribution is -2.42. The van der Waals surface area contributed by atoms with E-state index in [1.807, 2.05) is 43.3 Å². The first-order chi connectivity index (χ1) is 20.0. The van der Waals surface area contributed by atoms with Gasteiger partial charge in [0.1, 0.15) is 15.9 Å². The number of aryl methyl sites for hydroxylation is 1. The molecule has 2 fully saturated rings. The molecule has 2 aliphatic rings. The Morgan fingerprint density at radius 1 is 1.07 bits per heavy atom. The number of nitrogens with one attached hydrogen (secondary N) is 1. The number of rotatable bonds is 13. The van der Waals surface area contributed by atoms with Crippen molar-refractivity contribution in [1.29, 1.82) is 0 Å². The Balaban J connectivity index is 1.57. The fraction of sp³-hybridized carbons (Fsp3) is 0.562. The molecule has 1 aliphatic heterocycles. The van der Waals surface area contributed by atoms with E-state index in [2.05, 4.69) is 10.2 Å². The second-order valence-corrected chi connectivity index (χ2v) is 14.0. The zero-order valence-electron chi connectivity index (χ0n) is 24.9. The van der Waals surface area contributed by atoms with E-state index in [0.717, 1.165) is 48.8 Å². The van der Waals surface area contributed by atoms with Gasteiger partial charge in [-0.2, -0.15) is 0 Å². The number of hydrogen-bond acceptors (Lipinski definition) is 7. The number of sulfone groups is 1. The quantitative estimate of drug-likeness (QED) is 0.351. The third-order valence-corrected chi connectivity index (χ3v) is 9.29.